The number of carbonyl (C=O) groups excluding carboxylic acids is 1. The van der Waals surface area contributed by atoms with Gasteiger partial charge in [0.2, 0.25) is 0 Å². The third kappa shape index (κ3) is 3.30. The maximum Gasteiger partial charge on any atom is 0.277 e. The largest absolute Gasteiger partial charge is 0.296 e. The van der Waals surface area contributed by atoms with Crippen molar-refractivity contribution < 1.29 is 9.72 Å². The molecule has 0 saturated heterocycles. The number of rotatable bonds is 5. The number of non-ortho nitro benzene ring substituents is 1. The number of carbonyl (C=O) groups is 1. The summed E-state index contributed by atoms with van der Waals surface area (Å²) in [6.45, 7) is 2.63. The van der Waals surface area contributed by atoms with Crippen molar-refractivity contribution in [2.24, 2.45) is 0 Å². The van der Waals surface area contributed by atoms with Gasteiger partial charge in [0.15, 0.2) is 10.8 Å². The molecule has 3 rings (SSSR count). The standard InChI is InChI=1S/C15H13N5O3S/c1-2-19-8-7-12(18-19)14(21)17-15-16-13(9-24-15)10-3-5-11(6-4-10)20(22)23/h3-9H,2H2,1H3,(H,16,17,21). The second kappa shape index (κ2) is 6.59. The molecule has 0 aliphatic carbocycles. The van der Waals surface area contributed by atoms with E-state index in [1.54, 1.807) is 34.5 Å². The fraction of sp³-hybridized carbons (Fsp3) is 0.133. The number of hydrogen-bond donors (Lipinski definition) is 1. The van der Waals surface area contributed by atoms with Crippen LogP contribution in [0.15, 0.2) is 41.9 Å². The van der Waals surface area contributed by atoms with Gasteiger partial charge in [0.1, 0.15) is 0 Å². The molecule has 0 spiro atoms. The van der Waals surface area contributed by atoms with Crippen LogP contribution >= 0.6 is 11.3 Å². The SMILES string of the molecule is CCn1ccc(C(=O)Nc2nc(-c3ccc([N+](=O)[O-])cc3)cs2)n1. The minimum atomic E-state index is -0.452. The van der Waals surface area contributed by atoms with Gasteiger partial charge < -0.3 is 0 Å². The fourth-order valence-corrected chi connectivity index (χ4v) is 2.75. The van der Waals surface area contributed by atoms with E-state index in [1.807, 2.05) is 6.92 Å². The zero-order valence-electron chi connectivity index (χ0n) is 12.7. The third-order valence-electron chi connectivity index (χ3n) is 3.30. The Bertz CT molecular complexity index is 885. The molecule has 0 atom stereocenters. The van der Waals surface area contributed by atoms with Gasteiger partial charge in [-0.15, -0.1) is 11.3 Å². The molecule has 3 aromatic rings. The minimum Gasteiger partial charge on any atom is -0.296 e. The lowest BCUT2D eigenvalue weighted by Gasteiger charge is -1.99. The molecule has 0 aliphatic rings. The van der Waals surface area contributed by atoms with Gasteiger partial charge in [0.05, 0.1) is 10.6 Å². The number of anilines is 1. The zero-order valence-corrected chi connectivity index (χ0v) is 13.5. The Hall–Kier alpha value is -3.07. The molecule has 0 radical (unpaired) electrons. The summed E-state index contributed by atoms with van der Waals surface area (Å²) in [5.74, 6) is -0.327. The topological polar surface area (TPSA) is 103 Å². The van der Waals surface area contributed by atoms with Crippen molar-refractivity contribution in [3.8, 4) is 11.3 Å². The second-order valence-electron chi connectivity index (χ2n) is 4.85. The van der Waals surface area contributed by atoms with E-state index in [4.69, 9.17) is 0 Å². The average molecular weight is 343 g/mol. The van der Waals surface area contributed by atoms with Crippen molar-refractivity contribution in [2.75, 3.05) is 5.32 Å². The quantitative estimate of drug-likeness (QED) is 0.566. The smallest absolute Gasteiger partial charge is 0.277 e. The maximum absolute atomic E-state index is 12.1. The van der Waals surface area contributed by atoms with Crippen LogP contribution in [0.25, 0.3) is 11.3 Å². The van der Waals surface area contributed by atoms with Crippen LogP contribution in [0.3, 0.4) is 0 Å². The molecule has 1 aromatic carbocycles. The number of nitrogens with zero attached hydrogens (tertiary/aromatic N) is 4. The first-order valence-electron chi connectivity index (χ1n) is 7.12. The normalized spacial score (nSPS) is 10.5. The average Bonchev–Trinajstić information content (AvgIpc) is 3.24. The van der Waals surface area contributed by atoms with Gasteiger partial charge in [-0.1, -0.05) is 0 Å². The Labute approximate surface area is 140 Å². The fourth-order valence-electron chi connectivity index (χ4n) is 2.04. The van der Waals surface area contributed by atoms with Crippen molar-refractivity contribution in [1.29, 1.82) is 0 Å². The number of aromatic nitrogens is 3. The molecule has 0 bridgehead atoms. The van der Waals surface area contributed by atoms with Gasteiger partial charge in [-0.2, -0.15) is 5.10 Å². The molecule has 0 saturated carbocycles. The number of benzene rings is 1. The third-order valence-corrected chi connectivity index (χ3v) is 4.05. The van der Waals surface area contributed by atoms with Gasteiger partial charge in [0, 0.05) is 35.8 Å². The highest BCUT2D eigenvalue weighted by Crippen LogP contribution is 2.26. The molecular formula is C15H13N5O3S. The first-order chi connectivity index (χ1) is 11.6. The molecule has 0 aliphatic heterocycles. The van der Waals surface area contributed by atoms with Gasteiger partial charge in [-0.3, -0.25) is 24.9 Å². The number of thiazole rings is 1. The van der Waals surface area contributed by atoms with Gasteiger partial charge in [-0.25, -0.2) is 4.98 Å². The molecule has 1 amide bonds. The van der Waals surface area contributed by atoms with E-state index in [9.17, 15) is 14.9 Å². The Morgan fingerprint density at radius 1 is 1.33 bits per heavy atom. The van der Waals surface area contributed by atoms with Crippen LogP contribution in [0.1, 0.15) is 17.4 Å². The molecule has 24 heavy (non-hydrogen) atoms. The van der Waals surface area contributed by atoms with Crippen LogP contribution in [0.2, 0.25) is 0 Å². The van der Waals surface area contributed by atoms with E-state index < -0.39 is 4.92 Å². The summed E-state index contributed by atoms with van der Waals surface area (Å²) in [4.78, 5) is 26.7. The number of amides is 1. The summed E-state index contributed by atoms with van der Waals surface area (Å²) < 4.78 is 1.67. The molecular weight excluding hydrogens is 330 g/mol. The Morgan fingerprint density at radius 3 is 2.71 bits per heavy atom. The van der Waals surface area contributed by atoms with Crippen molar-refractivity contribution in [3.63, 3.8) is 0 Å². The highest BCUT2D eigenvalue weighted by atomic mass is 32.1. The second-order valence-corrected chi connectivity index (χ2v) is 5.71. The summed E-state index contributed by atoms with van der Waals surface area (Å²) in [6, 6.07) is 7.74. The molecule has 2 aromatic heterocycles. The number of aryl methyl sites for hydroxylation is 1. The van der Waals surface area contributed by atoms with Crippen LogP contribution < -0.4 is 5.32 Å². The van der Waals surface area contributed by atoms with Gasteiger partial charge in [-0.05, 0) is 25.1 Å². The highest BCUT2D eigenvalue weighted by molar-refractivity contribution is 7.14. The first-order valence-corrected chi connectivity index (χ1v) is 8.00. The number of nitrogens with one attached hydrogen (secondary N) is 1. The van der Waals surface area contributed by atoms with Crippen molar-refractivity contribution in [3.05, 3.63) is 57.7 Å². The molecule has 9 heteroatoms. The van der Waals surface area contributed by atoms with Crippen molar-refractivity contribution >= 4 is 28.1 Å². The lowest BCUT2D eigenvalue weighted by molar-refractivity contribution is -0.384. The summed E-state index contributed by atoms with van der Waals surface area (Å²) >= 11 is 1.28. The predicted octanol–water partition coefficient (Wildman–Crippen LogP) is 3.19. The molecule has 0 unspecified atom stereocenters. The van der Waals surface area contributed by atoms with Gasteiger partial charge in [0.25, 0.3) is 11.6 Å². The first kappa shape index (κ1) is 15.8. The monoisotopic (exact) mass is 343 g/mol. The van der Waals surface area contributed by atoms with Crippen molar-refractivity contribution in [2.45, 2.75) is 13.5 Å². The van der Waals surface area contributed by atoms with E-state index in [0.717, 1.165) is 5.56 Å². The minimum absolute atomic E-state index is 0.0222. The van der Waals surface area contributed by atoms with E-state index >= 15 is 0 Å². The van der Waals surface area contributed by atoms with Crippen molar-refractivity contribution in [1.82, 2.24) is 14.8 Å². The van der Waals surface area contributed by atoms with E-state index in [2.05, 4.69) is 15.4 Å². The molecule has 0 fully saturated rings. The van der Waals surface area contributed by atoms with E-state index in [1.165, 1.54) is 23.5 Å². The lowest BCUT2D eigenvalue weighted by atomic mass is 10.1. The zero-order chi connectivity index (χ0) is 17.1. The van der Waals surface area contributed by atoms with Crippen LogP contribution in [0, 0.1) is 10.1 Å². The Morgan fingerprint density at radius 2 is 2.08 bits per heavy atom. The van der Waals surface area contributed by atoms with E-state index in [0.29, 0.717) is 23.1 Å². The van der Waals surface area contributed by atoms with Crippen LogP contribution in [0.5, 0.6) is 0 Å². The Balaban J connectivity index is 1.73. The number of nitro groups is 1. The molecule has 122 valence electrons. The number of nitro benzene ring substituents is 1. The predicted molar refractivity (Wildman–Crippen MR) is 90.1 cm³/mol. The summed E-state index contributed by atoms with van der Waals surface area (Å²) in [5, 5.41) is 19.7. The van der Waals surface area contributed by atoms with Gasteiger partial charge >= 0.3 is 0 Å². The summed E-state index contributed by atoms with van der Waals surface area (Å²) in [5.41, 5.74) is 1.73. The summed E-state index contributed by atoms with van der Waals surface area (Å²) in [7, 11) is 0. The highest BCUT2D eigenvalue weighted by Gasteiger charge is 2.13. The summed E-state index contributed by atoms with van der Waals surface area (Å²) in [6.07, 6.45) is 1.74. The van der Waals surface area contributed by atoms with E-state index in [-0.39, 0.29) is 11.6 Å². The number of hydrogen-bond acceptors (Lipinski definition) is 6. The van der Waals surface area contributed by atoms with Crippen LogP contribution in [-0.2, 0) is 6.54 Å². The lowest BCUT2D eigenvalue weighted by Crippen LogP contribution is -2.13. The maximum atomic E-state index is 12.1. The Kier molecular flexibility index (Phi) is 4.34. The molecule has 1 N–H and O–H groups in total. The van der Waals surface area contributed by atoms with Crippen LogP contribution in [-0.4, -0.2) is 25.6 Å². The van der Waals surface area contributed by atoms with Crippen LogP contribution in [0.4, 0.5) is 10.8 Å². The molecule has 8 nitrogen and oxygen atoms in total. The molecule has 2 heterocycles.